The highest BCUT2D eigenvalue weighted by Crippen LogP contribution is 2.21. The first-order valence-corrected chi connectivity index (χ1v) is 3.98. The van der Waals surface area contributed by atoms with Gasteiger partial charge in [0.15, 0.2) is 5.69 Å². The molecule has 0 aliphatic carbocycles. The molecule has 0 bridgehead atoms. The van der Waals surface area contributed by atoms with Crippen molar-refractivity contribution in [3.8, 4) is 0 Å². The predicted octanol–water partition coefficient (Wildman–Crippen LogP) is 1.40. The highest BCUT2D eigenvalue weighted by molar-refractivity contribution is 5.48. The second-order valence-electron chi connectivity index (χ2n) is 3.24. The van der Waals surface area contributed by atoms with Crippen LogP contribution in [0.4, 0.5) is 5.69 Å². The average molecular weight is 176 g/mol. The third-order valence-electron chi connectivity index (χ3n) is 1.96. The monoisotopic (exact) mass is 176 g/mol. The fourth-order valence-electron chi connectivity index (χ4n) is 1.02. The Balaban J connectivity index is 3.10. The van der Waals surface area contributed by atoms with Gasteiger partial charge >= 0.3 is 0 Å². The van der Waals surface area contributed by atoms with Crippen LogP contribution < -0.4 is 5.73 Å². The number of nitrogens with zero attached hydrogens (tertiary/aromatic N) is 1. The Bertz CT molecular complexity index is 339. The van der Waals surface area contributed by atoms with Gasteiger partial charge in [0.05, 0.1) is 18.7 Å². The molecule has 68 valence electrons. The van der Waals surface area contributed by atoms with Gasteiger partial charge in [-0.05, 0) is 12.5 Å². The highest BCUT2D eigenvalue weighted by atomic mass is 16.3. The van der Waals surface area contributed by atoms with E-state index in [1.807, 2.05) is 6.07 Å². The molecular formula is C10H12N2O. The van der Waals surface area contributed by atoms with E-state index in [9.17, 15) is 0 Å². The molecule has 1 atom stereocenters. The van der Waals surface area contributed by atoms with E-state index in [1.165, 1.54) is 0 Å². The lowest BCUT2D eigenvalue weighted by Gasteiger charge is -2.22. The smallest absolute Gasteiger partial charge is 0.187 e. The molecule has 3 heteroatoms. The molecule has 13 heavy (non-hydrogen) atoms. The Labute approximate surface area is 77.6 Å². The molecule has 0 spiro atoms. The fraction of sp³-hybridized carbons (Fsp3) is 0.300. The van der Waals surface area contributed by atoms with Crippen LogP contribution in [0.5, 0.6) is 0 Å². The molecular weight excluding hydrogens is 164 g/mol. The zero-order valence-electron chi connectivity index (χ0n) is 7.49. The molecule has 1 aromatic carbocycles. The lowest BCUT2D eigenvalue weighted by atomic mass is 9.94. The van der Waals surface area contributed by atoms with Gasteiger partial charge in [-0.25, -0.2) is 4.85 Å². The minimum atomic E-state index is -0.763. The van der Waals surface area contributed by atoms with Gasteiger partial charge in [-0.15, -0.1) is 0 Å². The summed E-state index contributed by atoms with van der Waals surface area (Å²) < 4.78 is 0. The zero-order chi connectivity index (χ0) is 9.90. The van der Waals surface area contributed by atoms with Crippen molar-refractivity contribution in [1.29, 1.82) is 0 Å². The van der Waals surface area contributed by atoms with Gasteiger partial charge in [-0.2, -0.15) is 0 Å². The molecule has 3 N–H and O–H groups in total. The number of benzene rings is 1. The highest BCUT2D eigenvalue weighted by Gasteiger charge is 2.19. The van der Waals surface area contributed by atoms with Crippen molar-refractivity contribution in [2.75, 3.05) is 6.61 Å². The van der Waals surface area contributed by atoms with Crippen LogP contribution in [0.1, 0.15) is 12.5 Å². The molecule has 0 aliphatic heterocycles. The molecule has 0 saturated carbocycles. The van der Waals surface area contributed by atoms with E-state index in [0.29, 0.717) is 5.69 Å². The molecule has 1 aromatic rings. The first-order chi connectivity index (χ1) is 6.10. The Kier molecular flexibility index (Phi) is 2.66. The second-order valence-corrected chi connectivity index (χ2v) is 3.24. The molecule has 0 radical (unpaired) electrons. The molecule has 0 aliphatic rings. The quantitative estimate of drug-likeness (QED) is 0.669. The van der Waals surface area contributed by atoms with Gasteiger partial charge in [0.2, 0.25) is 0 Å². The van der Waals surface area contributed by atoms with E-state index in [1.54, 1.807) is 25.1 Å². The molecule has 3 nitrogen and oxygen atoms in total. The molecule has 0 amide bonds. The van der Waals surface area contributed by atoms with Crippen LogP contribution in [0, 0.1) is 6.57 Å². The summed E-state index contributed by atoms with van der Waals surface area (Å²) in [5.41, 5.74) is 6.37. The van der Waals surface area contributed by atoms with Crippen molar-refractivity contribution in [3.05, 3.63) is 41.2 Å². The number of hydrogen-bond acceptors (Lipinski definition) is 2. The van der Waals surface area contributed by atoms with Gasteiger partial charge in [0.1, 0.15) is 0 Å². The van der Waals surface area contributed by atoms with E-state index in [0.717, 1.165) is 5.56 Å². The Morgan fingerprint density at radius 3 is 2.85 bits per heavy atom. The summed E-state index contributed by atoms with van der Waals surface area (Å²) in [4.78, 5) is 3.29. The Morgan fingerprint density at radius 2 is 2.31 bits per heavy atom. The summed E-state index contributed by atoms with van der Waals surface area (Å²) >= 11 is 0. The maximum atomic E-state index is 9.01. The fourth-order valence-corrected chi connectivity index (χ4v) is 1.02. The van der Waals surface area contributed by atoms with Crippen molar-refractivity contribution in [2.24, 2.45) is 5.73 Å². The molecule has 1 rings (SSSR count). The van der Waals surface area contributed by atoms with Gasteiger partial charge in [0, 0.05) is 0 Å². The third-order valence-corrected chi connectivity index (χ3v) is 1.96. The average Bonchev–Trinajstić information content (AvgIpc) is 2.18. The lowest BCUT2D eigenvalue weighted by Crippen LogP contribution is -2.36. The summed E-state index contributed by atoms with van der Waals surface area (Å²) in [5.74, 6) is 0. The van der Waals surface area contributed by atoms with Crippen LogP contribution in [0.15, 0.2) is 24.3 Å². The van der Waals surface area contributed by atoms with E-state index in [-0.39, 0.29) is 6.61 Å². The van der Waals surface area contributed by atoms with Crippen molar-refractivity contribution in [3.63, 3.8) is 0 Å². The van der Waals surface area contributed by atoms with Crippen molar-refractivity contribution < 1.29 is 5.11 Å². The standard InChI is InChI=1S/C10H12N2O/c1-10(11,7-13)8-4-3-5-9(6-8)12-2/h3-6,13H,7,11H2,1H3/t10-/m0/s1. The van der Waals surface area contributed by atoms with E-state index in [4.69, 9.17) is 17.4 Å². The Morgan fingerprint density at radius 1 is 1.62 bits per heavy atom. The lowest BCUT2D eigenvalue weighted by molar-refractivity contribution is 0.210. The van der Waals surface area contributed by atoms with Crippen LogP contribution >= 0.6 is 0 Å². The SMILES string of the molecule is [C-]#[N+]c1cccc([C@@](C)(N)CO)c1. The van der Waals surface area contributed by atoms with Crippen LogP contribution in [0.25, 0.3) is 4.85 Å². The maximum Gasteiger partial charge on any atom is 0.187 e. The van der Waals surface area contributed by atoms with Crippen molar-refractivity contribution in [1.82, 2.24) is 0 Å². The largest absolute Gasteiger partial charge is 0.394 e. The predicted molar refractivity (Wildman–Crippen MR) is 51.3 cm³/mol. The maximum absolute atomic E-state index is 9.01. The summed E-state index contributed by atoms with van der Waals surface area (Å²) in [5, 5.41) is 9.01. The van der Waals surface area contributed by atoms with Crippen LogP contribution in [0.3, 0.4) is 0 Å². The minimum Gasteiger partial charge on any atom is -0.394 e. The third kappa shape index (κ3) is 2.05. The molecule has 0 saturated heterocycles. The van der Waals surface area contributed by atoms with Crippen LogP contribution in [-0.4, -0.2) is 11.7 Å². The van der Waals surface area contributed by atoms with Gasteiger partial charge in [-0.3, -0.25) is 0 Å². The second kappa shape index (κ2) is 3.56. The normalized spacial score (nSPS) is 14.6. The summed E-state index contributed by atoms with van der Waals surface area (Å²) in [6.45, 7) is 8.43. The van der Waals surface area contributed by atoms with Gasteiger partial charge in [-0.1, -0.05) is 24.3 Å². The zero-order valence-corrected chi connectivity index (χ0v) is 7.49. The summed E-state index contributed by atoms with van der Waals surface area (Å²) in [6, 6.07) is 6.99. The summed E-state index contributed by atoms with van der Waals surface area (Å²) in [7, 11) is 0. The topological polar surface area (TPSA) is 50.6 Å². The van der Waals surface area contributed by atoms with E-state index >= 15 is 0 Å². The number of aliphatic hydroxyl groups excluding tert-OH is 1. The number of hydrogen-bond donors (Lipinski definition) is 2. The minimum absolute atomic E-state index is 0.131. The molecule has 0 aromatic heterocycles. The van der Waals surface area contributed by atoms with E-state index in [2.05, 4.69) is 4.85 Å². The molecule has 0 fully saturated rings. The summed E-state index contributed by atoms with van der Waals surface area (Å²) in [6.07, 6.45) is 0. The van der Waals surface area contributed by atoms with Gasteiger partial charge in [0.25, 0.3) is 0 Å². The molecule has 0 heterocycles. The van der Waals surface area contributed by atoms with Crippen LogP contribution in [0.2, 0.25) is 0 Å². The van der Waals surface area contributed by atoms with Crippen molar-refractivity contribution >= 4 is 5.69 Å². The van der Waals surface area contributed by atoms with E-state index < -0.39 is 5.54 Å². The first kappa shape index (κ1) is 9.72. The first-order valence-electron chi connectivity index (χ1n) is 3.98. The van der Waals surface area contributed by atoms with Gasteiger partial charge < -0.3 is 10.8 Å². The number of nitrogens with two attached hydrogens (primary N) is 1. The molecule has 0 unspecified atom stereocenters. The van der Waals surface area contributed by atoms with Crippen molar-refractivity contribution in [2.45, 2.75) is 12.5 Å². The Hall–Kier alpha value is -1.37. The number of aliphatic hydroxyl groups is 1. The number of rotatable bonds is 2. The van der Waals surface area contributed by atoms with Crippen LogP contribution in [-0.2, 0) is 5.54 Å².